The second kappa shape index (κ2) is 7.52. The van der Waals surface area contributed by atoms with Crippen molar-refractivity contribution in [2.24, 2.45) is 27.4 Å². The van der Waals surface area contributed by atoms with Crippen LogP contribution in [0.4, 0.5) is 18.9 Å². The second-order valence-electron chi connectivity index (χ2n) is 7.74. The van der Waals surface area contributed by atoms with Gasteiger partial charge < -0.3 is 16.2 Å². The molecule has 1 aliphatic heterocycles. The molecule has 1 saturated carbocycles. The summed E-state index contributed by atoms with van der Waals surface area (Å²) in [7, 11) is 0. The van der Waals surface area contributed by atoms with E-state index >= 15 is 0 Å². The molecule has 1 fully saturated rings. The van der Waals surface area contributed by atoms with Gasteiger partial charge in [0.1, 0.15) is 11.4 Å². The maximum absolute atomic E-state index is 13.5. The molecule has 0 saturated heterocycles. The summed E-state index contributed by atoms with van der Waals surface area (Å²) in [5.41, 5.74) is 10.6. The fourth-order valence-electron chi connectivity index (χ4n) is 3.72. The van der Waals surface area contributed by atoms with Gasteiger partial charge in [-0.2, -0.15) is 18.2 Å². The molecule has 0 radical (unpaired) electrons. The lowest BCUT2D eigenvalue weighted by molar-refractivity contribution is -0.137. The van der Waals surface area contributed by atoms with Crippen molar-refractivity contribution in [1.29, 1.82) is 0 Å². The van der Waals surface area contributed by atoms with E-state index < -0.39 is 17.4 Å². The summed E-state index contributed by atoms with van der Waals surface area (Å²) in [5, 5.41) is 0. The quantitative estimate of drug-likeness (QED) is 0.808. The minimum Gasteiger partial charge on any atom is -0.493 e. The average Bonchev–Trinajstić information content (AvgIpc) is 2.59. The molecule has 1 aromatic carbocycles. The fourth-order valence-corrected chi connectivity index (χ4v) is 3.72. The van der Waals surface area contributed by atoms with Crippen LogP contribution in [0.5, 0.6) is 5.75 Å². The van der Waals surface area contributed by atoms with Gasteiger partial charge in [0, 0.05) is 6.07 Å². The average molecular weight is 397 g/mol. The molecule has 0 atom stereocenters. The highest BCUT2D eigenvalue weighted by atomic mass is 19.4. The number of rotatable bonds is 4. The number of alkyl halides is 3. The van der Waals surface area contributed by atoms with Crippen molar-refractivity contribution in [3.05, 3.63) is 23.8 Å². The van der Waals surface area contributed by atoms with Gasteiger partial charge in [-0.05, 0) is 43.7 Å². The Morgan fingerprint density at radius 3 is 2.43 bits per heavy atom. The van der Waals surface area contributed by atoms with Crippen LogP contribution < -0.4 is 21.1 Å². The van der Waals surface area contributed by atoms with Gasteiger partial charge in [-0.3, -0.25) is 4.90 Å². The van der Waals surface area contributed by atoms with Crippen LogP contribution in [0.15, 0.2) is 28.2 Å². The number of nitrogens with zero attached hydrogens (tertiary/aromatic N) is 3. The zero-order valence-corrected chi connectivity index (χ0v) is 16.1. The summed E-state index contributed by atoms with van der Waals surface area (Å²) < 4.78 is 46.2. The zero-order chi connectivity index (χ0) is 20.5. The van der Waals surface area contributed by atoms with Gasteiger partial charge in [0.25, 0.3) is 0 Å². The van der Waals surface area contributed by atoms with Crippen LogP contribution in [0.25, 0.3) is 0 Å². The van der Waals surface area contributed by atoms with Crippen LogP contribution in [0.3, 0.4) is 0 Å². The van der Waals surface area contributed by atoms with Crippen molar-refractivity contribution >= 4 is 17.6 Å². The van der Waals surface area contributed by atoms with E-state index in [1.807, 2.05) is 13.8 Å². The number of hydrogen-bond acceptors (Lipinski definition) is 6. The molecular weight excluding hydrogens is 371 g/mol. The summed E-state index contributed by atoms with van der Waals surface area (Å²) in [5.74, 6) is 0.413. The lowest BCUT2D eigenvalue weighted by atomic mass is 9.87. The molecule has 28 heavy (non-hydrogen) atoms. The Kier molecular flexibility index (Phi) is 5.45. The molecular formula is C19H26F3N5O. The summed E-state index contributed by atoms with van der Waals surface area (Å²) in [6.07, 6.45) is -0.430. The summed E-state index contributed by atoms with van der Waals surface area (Å²) in [4.78, 5) is 10.1. The van der Waals surface area contributed by atoms with Crippen molar-refractivity contribution in [2.75, 3.05) is 11.5 Å². The molecule has 154 valence electrons. The number of halogens is 3. The molecule has 1 spiro atoms. The van der Waals surface area contributed by atoms with Gasteiger partial charge in [-0.25, -0.2) is 4.99 Å². The molecule has 1 heterocycles. The highest BCUT2D eigenvalue weighted by molar-refractivity contribution is 6.05. The molecule has 1 aliphatic carbocycles. The van der Waals surface area contributed by atoms with Crippen molar-refractivity contribution in [3.63, 3.8) is 0 Å². The van der Waals surface area contributed by atoms with E-state index in [0.717, 1.165) is 31.4 Å². The van der Waals surface area contributed by atoms with Gasteiger partial charge in [0.15, 0.2) is 0 Å². The number of nitrogens with two attached hydrogens (primary N) is 2. The standard InChI is InChI=1S/C19H26F3N5O/c1-12(2)11-28-15-9-13(19(20,21)22)8-14(10-15)27-17(24)25-16(23)26-18(27)6-4-3-5-7-18/h8-10,12H,3-7,11H2,1-2H3,(H4,23,24,25,26). The van der Waals surface area contributed by atoms with Gasteiger partial charge in [-0.1, -0.05) is 20.3 Å². The monoisotopic (exact) mass is 397 g/mol. The van der Waals surface area contributed by atoms with Crippen molar-refractivity contribution < 1.29 is 17.9 Å². The Labute approximate surface area is 162 Å². The largest absolute Gasteiger partial charge is 0.493 e. The highest BCUT2D eigenvalue weighted by Gasteiger charge is 2.43. The first kappa shape index (κ1) is 20.3. The molecule has 6 nitrogen and oxygen atoms in total. The van der Waals surface area contributed by atoms with E-state index in [1.165, 1.54) is 0 Å². The van der Waals surface area contributed by atoms with Crippen LogP contribution in [0.1, 0.15) is 51.5 Å². The predicted molar refractivity (Wildman–Crippen MR) is 103 cm³/mol. The van der Waals surface area contributed by atoms with E-state index in [1.54, 1.807) is 11.0 Å². The first-order valence-corrected chi connectivity index (χ1v) is 9.45. The second-order valence-corrected chi connectivity index (χ2v) is 7.74. The third-order valence-corrected chi connectivity index (χ3v) is 4.91. The molecule has 0 amide bonds. The fraction of sp³-hybridized carbons (Fsp3) is 0.579. The summed E-state index contributed by atoms with van der Waals surface area (Å²) >= 11 is 0. The van der Waals surface area contributed by atoms with Crippen molar-refractivity contribution in [1.82, 2.24) is 0 Å². The first-order valence-electron chi connectivity index (χ1n) is 9.45. The maximum Gasteiger partial charge on any atom is 0.416 e. The number of guanidine groups is 2. The third-order valence-electron chi connectivity index (χ3n) is 4.91. The maximum atomic E-state index is 13.5. The van der Waals surface area contributed by atoms with Crippen LogP contribution >= 0.6 is 0 Å². The smallest absolute Gasteiger partial charge is 0.416 e. The van der Waals surface area contributed by atoms with Crippen LogP contribution in [-0.2, 0) is 6.18 Å². The Bertz CT molecular complexity index is 782. The lowest BCUT2D eigenvalue weighted by Gasteiger charge is -2.45. The predicted octanol–water partition coefficient (Wildman–Crippen LogP) is 3.85. The van der Waals surface area contributed by atoms with Gasteiger partial charge >= 0.3 is 6.18 Å². The van der Waals surface area contributed by atoms with Crippen LogP contribution in [0.2, 0.25) is 0 Å². The van der Waals surface area contributed by atoms with Crippen molar-refractivity contribution in [2.45, 2.75) is 57.8 Å². The number of hydrogen-bond donors (Lipinski definition) is 2. The molecule has 9 heteroatoms. The number of benzene rings is 1. The minimum absolute atomic E-state index is 0.0449. The van der Waals surface area contributed by atoms with E-state index in [9.17, 15) is 13.2 Å². The van der Waals surface area contributed by atoms with Gasteiger partial charge in [-0.15, -0.1) is 0 Å². The Morgan fingerprint density at radius 2 is 1.82 bits per heavy atom. The minimum atomic E-state index is -4.52. The highest BCUT2D eigenvalue weighted by Crippen LogP contribution is 2.42. The molecule has 0 bridgehead atoms. The first-order chi connectivity index (χ1) is 13.1. The third kappa shape index (κ3) is 4.18. The van der Waals surface area contributed by atoms with E-state index in [2.05, 4.69) is 9.98 Å². The number of anilines is 1. The number of aliphatic imine (C=N–C) groups is 2. The van der Waals surface area contributed by atoms with Crippen LogP contribution in [-0.4, -0.2) is 24.2 Å². The molecule has 4 N–H and O–H groups in total. The molecule has 3 rings (SSSR count). The van der Waals surface area contributed by atoms with Gasteiger partial charge in [0.2, 0.25) is 11.9 Å². The molecule has 2 aliphatic rings. The molecule has 1 aromatic rings. The Morgan fingerprint density at radius 1 is 1.14 bits per heavy atom. The topological polar surface area (TPSA) is 89.2 Å². The summed E-state index contributed by atoms with van der Waals surface area (Å²) in [6.45, 7) is 4.16. The zero-order valence-electron chi connectivity index (χ0n) is 16.1. The van der Waals surface area contributed by atoms with E-state index in [0.29, 0.717) is 19.4 Å². The van der Waals surface area contributed by atoms with E-state index in [-0.39, 0.29) is 29.3 Å². The number of ether oxygens (including phenoxy) is 1. The van der Waals surface area contributed by atoms with Crippen LogP contribution in [0, 0.1) is 5.92 Å². The SMILES string of the molecule is CC(C)COc1cc(N2C(N)=NC(N)=NC23CCCCC3)cc(C(F)(F)F)c1. The Balaban J connectivity index is 2.09. The Hall–Kier alpha value is -2.45. The van der Waals surface area contributed by atoms with Crippen molar-refractivity contribution in [3.8, 4) is 5.75 Å². The van der Waals surface area contributed by atoms with Gasteiger partial charge in [0.05, 0.1) is 17.9 Å². The summed E-state index contributed by atoms with van der Waals surface area (Å²) in [6, 6.07) is 3.64. The molecule has 0 unspecified atom stereocenters. The normalized spacial score (nSPS) is 19.6. The lowest BCUT2D eigenvalue weighted by Crippen LogP contribution is -2.58. The molecule has 0 aromatic heterocycles. The van der Waals surface area contributed by atoms with E-state index in [4.69, 9.17) is 16.2 Å².